The predicted molar refractivity (Wildman–Crippen MR) is 96.8 cm³/mol. The van der Waals surface area contributed by atoms with Crippen molar-refractivity contribution in [3.05, 3.63) is 11.6 Å². The highest BCUT2D eigenvalue weighted by Crippen LogP contribution is 2.65. The van der Waals surface area contributed by atoms with E-state index in [-0.39, 0.29) is 5.41 Å². The largest absolute Gasteiger partial charge is 0.399 e. The number of hydrogen-bond acceptors (Lipinski definition) is 3. The minimum Gasteiger partial charge on any atom is -0.399 e. The number of aliphatic hydroxyl groups is 1. The van der Waals surface area contributed by atoms with Crippen molar-refractivity contribution < 1.29 is 9.94 Å². The molecule has 3 saturated carbocycles. The average Bonchev–Trinajstić information content (AvgIpc) is 2.87. The SMILES string of the molecule is CCC1(O)CC[C@H]2[C@@H]3CCC4=C/C(=N\OC)CC[C@@H]4[C@H]3CC[C@@]21C. The minimum absolute atomic E-state index is 0.154. The summed E-state index contributed by atoms with van der Waals surface area (Å²) in [7, 11) is 1.64. The molecule has 6 atom stereocenters. The maximum atomic E-state index is 11.2. The van der Waals surface area contributed by atoms with Crippen molar-refractivity contribution in [3.8, 4) is 0 Å². The zero-order chi connectivity index (χ0) is 16.9. The molecule has 0 heterocycles. The summed E-state index contributed by atoms with van der Waals surface area (Å²) in [5, 5.41) is 15.4. The molecule has 0 aromatic rings. The van der Waals surface area contributed by atoms with Crippen LogP contribution in [0.4, 0.5) is 0 Å². The van der Waals surface area contributed by atoms with E-state index in [1.165, 1.54) is 38.5 Å². The van der Waals surface area contributed by atoms with Crippen LogP contribution in [0.1, 0.15) is 71.6 Å². The minimum atomic E-state index is -0.413. The van der Waals surface area contributed by atoms with E-state index in [1.54, 1.807) is 12.7 Å². The summed E-state index contributed by atoms with van der Waals surface area (Å²) in [6, 6.07) is 0. The molecular formula is C21H33NO2. The lowest BCUT2D eigenvalue weighted by Gasteiger charge is -2.55. The number of fused-ring (bicyclic) bond motifs is 5. The predicted octanol–water partition coefficient (Wildman–Crippen LogP) is 4.70. The third-order valence-electron chi connectivity index (χ3n) is 8.43. The van der Waals surface area contributed by atoms with Crippen LogP contribution in [0.25, 0.3) is 0 Å². The van der Waals surface area contributed by atoms with Gasteiger partial charge in [0.2, 0.25) is 0 Å². The molecule has 0 aromatic carbocycles. The highest BCUT2D eigenvalue weighted by Gasteiger charge is 2.61. The molecule has 134 valence electrons. The molecule has 4 rings (SSSR count). The van der Waals surface area contributed by atoms with Gasteiger partial charge in [-0.25, -0.2) is 0 Å². The standard InChI is InChI=1S/C21H33NO2/c1-4-21(23)12-10-19-18-7-5-14-13-15(22-24-3)6-8-16(14)17(18)9-11-20(19,21)2/h13,16-19,23H,4-12H2,1-3H3/b22-15-/t16-,17+,18+,19-,20-,21?/m0/s1. The molecule has 0 spiro atoms. The van der Waals surface area contributed by atoms with Gasteiger partial charge in [0.25, 0.3) is 0 Å². The summed E-state index contributed by atoms with van der Waals surface area (Å²) in [6.07, 6.45) is 12.9. The van der Waals surface area contributed by atoms with Gasteiger partial charge in [-0.2, -0.15) is 0 Å². The molecule has 3 fully saturated rings. The van der Waals surface area contributed by atoms with Crippen molar-refractivity contribution in [2.24, 2.45) is 34.2 Å². The molecule has 1 unspecified atom stereocenters. The molecule has 24 heavy (non-hydrogen) atoms. The Hall–Kier alpha value is -0.830. The highest BCUT2D eigenvalue weighted by molar-refractivity contribution is 5.96. The van der Waals surface area contributed by atoms with Crippen molar-refractivity contribution in [3.63, 3.8) is 0 Å². The van der Waals surface area contributed by atoms with Crippen LogP contribution < -0.4 is 0 Å². The molecular weight excluding hydrogens is 298 g/mol. The molecule has 4 aliphatic rings. The quantitative estimate of drug-likeness (QED) is 0.745. The molecule has 3 heteroatoms. The van der Waals surface area contributed by atoms with Gasteiger partial charge in [-0.1, -0.05) is 24.6 Å². The van der Waals surface area contributed by atoms with Gasteiger partial charge in [-0.15, -0.1) is 0 Å². The Balaban J connectivity index is 1.59. The molecule has 0 amide bonds. The van der Waals surface area contributed by atoms with E-state index < -0.39 is 5.60 Å². The van der Waals surface area contributed by atoms with E-state index >= 15 is 0 Å². The Morgan fingerprint density at radius 1 is 1.17 bits per heavy atom. The van der Waals surface area contributed by atoms with Crippen LogP contribution in [-0.2, 0) is 4.84 Å². The van der Waals surface area contributed by atoms with Gasteiger partial charge in [0, 0.05) is 0 Å². The topological polar surface area (TPSA) is 41.8 Å². The Morgan fingerprint density at radius 2 is 2.00 bits per heavy atom. The summed E-state index contributed by atoms with van der Waals surface area (Å²) in [4.78, 5) is 4.99. The van der Waals surface area contributed by atoms with Gasteiger partial charge in [-0.3, -0.25) is 0 Å². The summed E-state index contributed by atoms with van der Waals surface area (Å²) in [5.74, 6) is 3.16. The van der Waals surface area contributed by atoms with E-state index in [4.69, 9.17) is 4.84 Å². The van der Waals surface area contributed by atoms with Crippen LogP contribution in [0.3, 0.4) is 0 Å². The van der Waals surface area contributed by atoms with Crippen molar-refractivity contribution in [1.82, 2.24) is 0 Å². The number of rotatable bonds is 2. The van der Waals surface area contributed by atoms with Crippen LogP contribution in [0.15, 0.2) is 16.8 Å². The third kappa shape index (κ3) is 2.23. The summed E-state index contributed by atoms with van der Waals surface area (Å²) >= 11 is 0. The van der Waals surface area contributed by atoms with Crippen LogP contribution >= 0.6 is 0 Å². The lowest BCUT2D eigenvalue weighted by molar-refractivity contribution is -0.118. The summed E-state index contributed by atoms with van der Waals surface area (Å²) < 4.78 is 0. The molecule has 0 radical (unpaired) electrons. The van der Waals surface area contributed by atoms with Gasteiger partial charge in [0.1, 0.15) is 7.11 Å². The van der Waals surface area contributed by atoms with Crippen LogP contribution in [-0.4, -0.2) is 23.5 Å². The molecule has 1 N–H and O–H groups in total. The highest BCUT2D eigenvalue weighted by atomic mass is 16.6. The molecule has 0 saturated heterocycles. The Kier molecular flexibility index (Phi) is 4.06. The zero-order valence-electron chi connectivity index (χ0n) is 15.6. The van der Waals surface area contributed by atoms with E-state index in [2.05, 4.69) is 25.1 Å². The van der Waals surface area contributed by atoms with E-state index in [0.717, 1.165) is 48.6 Å². The molecule has 4 aliphatic carbocycles. The first-order valence-electron chi connectivity index (χ1n) is 10.1. The van der Waals surface area contributed by atoms with E-state index in [0.29, 0.717) is 0 Å². The average molecular weight is 332 g/mol. The van der Waals surface area contributed by atoms with Gasteiger partial charge >= 0.3 is 0 Å². The smallest absolute Gasteiger partial charge is 0.106 e. The molecule has 0 aromatic heterocycles. The number of nitrogens with zero attached hydrogens (tertiary/aromatic N) is 1. The van der Waals surface area contributed by atoms with E-state index in [1.807, 2.05) is 0 Å². The first kappa shape index (κ1) is 16.6. The second-order valence-corrected chi connectivity index (χ2v) is 8.98. The van der Waals surface area contributed by atoms with Crippen molar-refractivity contribution in [2.75, 3.05) is 7.11 Å². The molecule has 0 aliphatic heterocycles. The maximum Gasteiger partial charge on any atom is 0.106 e. The van der Waals surface area contributed by atoms with Crippen molar-refractivity contribution >= 4 is 5.71 Å². The normalized spacial score (nSPS) is 49.2. The van der Waals surface area contributed by atoms with Crippen LogP contribution in [0.5, 0.6) is 0 Å². The first-order valence-corrected chi connectivity index (χ1v) is 10.1. The second kappa shape index (κ2) is 5.86. The lowest BCUT2D eigenvalue weighted by atomic mass is 9.50. The second-order valence-electron chi connectivity index (χ2n) is 8.98. The van der Waals surface area contributed by atoms with Gasteiger partial charge < -0.3 is 9.94 Å². The summed E-state index contributed by atoms with van der Waals surface area (Å²) in [5.41, 5.74) is 2.50. The van der Waals surface area contributed by atoms with Crippen LogP contribution in [0.2, 0.25) is 0 Å². The fourth-order valence-corrected chi connectivity index (χ4v) is 7.07. The van der Waals surface area contributed by atoms with E-state index in [9.17, 15) is 5.11 Å². The monoisotopic (exact) mass is 331 g/mol. The Morgan fingerprint density at radius 3 is 2.75 bits per heavy atom. The molecule has 0 bridgehead atoms. The number of oxime groups is 1. The zero-order valence-corrected chi connectivity index (χ0v) is 15.6. The van der Waals surface area contributed by atoms with Gasteiger partial charge in [-0.05, 0) is 93.0 Å². The maximum absolute atomic E-state index is 11.2. The fraction of sp³-hybridized carbons (Fsp3) is 0.857. The van der Waals surface area contributed by atoms with Gasteiger partial charge in [0.05, 0.1) is 11.3 Å². The summed E-state index contributed by atoms with van der Waals surface area (Å²) in [6.45, 7) is 4.58. The fourth-order valence-electron chi connectivity index (χ4n) is 7.07. The molecule has 3 nitrogen and oxygen atoms in total. The van der Waals surface area contributed by atoms with Gasteiger partial charge in [0.15, 0.2) is 0 Å². The number of allylic oxidation sites excluding steroid dienone is 2. The number of hydrogen-bond donors (Lipinski definition) is 1. The van der Waals surface area contributed by atoms with Crippen molar-refractivity contribution in [1.29, 1.82) is 0 Å². The first-order chi connectivity index (χ1) is 11.5. The van der Waals surface area contributed by atoms with Crippen LogP contribution in [0, 0.1) is 29.1 Å². The third-order valence-corrected chi connectivity index (χ3v) is 8.43. The Labute approximate surface area is 146 Å². The lowest BCUT2D eigenvalue weighted by Crippen LogP contribution is -2.52. The van der Waals surface area contributed by atoms with Crippen molar-refractivity contribution in [2.45, 2.75) is 77.2 Å². The Bertz CT molecular complexity index is 568.